The molecule has 0 aromatic heterocycles. The summed E-state index contributed by atoms with van der Waals surface area (Å²) in [6, 6.07) is 21.0. The maximum absolute atomic E-state index is 12.9. The third kappa shape index (κ3) is 6.92. The molecule has 0 unspecified atom stereocenters. The van der Waals surface area contributed by atoms with Crippen molar-refractivity contribution in [3.63, 3.8) is 0 Å². The number of hydrogen-bond donors (Lipinski definition) is 2. The summed E-state index contributed by atoms with van der Waals surface area (Å²) in [5.41, 5.74) is 1.97. The van der Waals surface area contributed by atoms with Crippen molar-refractivity contribution >= 4 is 39.3 Å². The van der Waals surface area contributed by atoms with Gasteiger partial charge in [-0.05, 0) is 35.4 Å². The van der Waals surface area contributed by atoms with Gasteiger partial charge in [0.2, 0.25) is 5.91 Å². The Morgan fingerprint density at radius 1 is 0.938 bits per heavy atom. The lowest BCUT2D eigenvalue weighted by molar-refractivity contribution is -0.384. The molecule has 0 saturated heterocycles. The smallest absolute Gasteiger partial charge is 0.408 e. The zero-order valence-corrected chi connectivity index (χ0v) is 18.4. The number of nitro benzene ring substituents is 1. The topological polar surface area (TPSA) is 111 Å². The van der Waals surface area contributed by atoms with E-state index in [9.17, 15) is 19.7 Å². The number of nitro groups is 1. The van der Waals surface area contributed by atoms with Gasteiger partial charge in [0.1, 0.15) is 12.6 Å². The van der Waals surface area contributed by atoms with E-state index in [1.54, 1.807) is 36.4 Å². The molecule has 3 rings (SSSR count). The van der Waals surface area contributed by atoms with Crippen molar-refractivity contribution in [2.24, 2.45) is 0 Å². The fourth-order valence-electron chi connectivity index (χ4n) is 2.87. The van der Waals surface area contributed by atoms with Crippen molar-refractivity contribution in [3.05, 3.63) is 105 Å². The summed E-state index contributed by atoms with van der Waals surface area (Å²) in [6.07, 6.45) is -0.618. The molecule has 0 spiro atoms. The summed E-state index contributed by atoms with van der Waals surface area (Å²) in [4.78, 5) is 35.6. The number of rotatable bonds is 8. The first-order valence-electron chi connectivity index (χ1n) is 9.67. The molecule has 8 nitrogen and oxygen atoms in total. The number of carbonyl (C=O) groups excluding carboxylic acids is 2. The number of non-ortho nitro benzene ring substituents is 1. The average molecular weight is 498 g/mol. The maximum Gasteiger partial charge on any atom is 0.408 e. The van der Waals surface area contributed by atoms with Crippen LogP contribution in [0, 0.1) is 10.1 Å². The van der Waals surface area contributed by atoms with Gasteiger partial charge in [-0.15, -0.1) is 0 Å². The number of anilines is 1. The monoisotopic (exact) mass is 497 g/mol. The molecule has 0 saturated carbocycles. The normalized spacial score (nSPS) is 11.3. The number of nitrogens with zero attached hydrogens (tertiary/aromatic N) is 1. The maximum atomic E-state index is 12.9. The second-order valence-corrected chi connectivity index (χ2v) is 7.80. The number of halogens is 1. The predicted octanol–water partition coefficient (Wildman–Crippen LogP) is 4.83. The van der Waals surface area contributed by atoms with Crippen LogP contribution < -0.4 is 10.6 Å². The Kier molecular flexibility index (Phi) is 7.93. The lowest BCUT2D eigenvalue weighted by Gasteiger charge is -2.19. The molecule has 9 heteroatoms. The molecular weight excluding hydrogens is 478 g/mol. The SMILES string of the molecule is O=C(N[C@@H](Cc1ccc([N+](=O)[O-])cc1)C(=O)Nc1ccc(Br)cc1)OCc1ccccc1. The van der Waals surface area contributed by atoms with E-state index in [2.05, 4.69) is 26.6 Å². The lowest BCUT2D eigenvalue weighted by Crippen LogP contribution is -2.45. The van der Waals surface area contributed by atoms with E-state index >= 15 is 0 Å². The van der Waals surface area contributed by atoms with Gasteiger partial charge >= 0.3 is 6.09 Å². The van der Waals surface area contributed by atoms with Crippen LogP contribution in [-0.2, 0) is 22.6 Å². The van der Waals surface area contributed by atoms with Crippen LogP contribution in [0.4, 0.5) is 16.2 Å². The quantitative estimate of drug-likeness (QED) is 0.341. The van der Waals surface area contributed by atoms with Gasteiger partial charge in [-0.25, -0.2) is 4.79 Å². The van der Waals surface area contributed by atoms with Gasteiger partial charge in [0.25, 0.3) is 5.69 Å². The highest BCUT2D eigenvalue weighted by atomic mass is 79.9. The van der Waals surface area contributed by atoms with E-state index in [0.717, 1.165) is 10.0 Å². The van der Waals surface area contributed by atoms with Crippen molar-refractivity contribution < 1.29 is 19.2 Å². The van der Waals surface area contributed by atoms with Gasteiger partial charge < -0.3 is 15.4 Å². The molecule has 0 radical (unpaired) electrons. The molecule has 0 aliphatic heterocycles. The van der Waals surface area contributed by atoms with Crippen molar-refractivity contribution in [3.8, 4) is 0 Å². The Hall–Kier alpha value is -3.72. The Labute approximate surface area is 192 Å². The number of alkyl carbamates (subject to hydrolysis) is 1. The van der Waals surface area contributed by atoms with Crippen LogP contribution in [0.1, 0.15) is 11.1 Å². The lowest BCUT2D eigenvalue weighted by atomic mass is 10.0. The highest BCUT2D eigenvalue weighted by Crippen LogP contribution is 2.16. The summed E-state index contributed by atoms with van der Waals surface area (Å²) < 4.78 is 6.10. The predicted molar refractivity (Wildman–Crippen MR) is 123 cm³/mol. The first kappa shape index (κ1) is 23.0. The van der Waals surface area contributed by atoms with E-state index < -0.39 is 23.0 Å². The van der Waals surface area contributed by atoms with E-state index in [-0.39, 0.29) is 18.7 Å². The first-order chi connectivity index (χ1) is 15.4. The third-order valence-corrected chi connectivity index (χ3v) is 5.05. The van der Waals surface area contributed by atoms with E-state index in [1.165, 1.54) is 12.1 Å². The van der Waals surface area contributed by atoms with Crippen LogP contribution in [0.15, 0.2) is 83.3 Å². The molecule has 3 aromatic rings. The number of ether oxygens (including phenoxy) is 1. The molecule has 32 heavy (non-hydrogen) atoms. The summed E-state index contributed by atoms with van der Waals surface area (Å²) in [6.45, 7) is 0.0608. The Morgan fingerprint density at radius 3 is 2.22 bits per heavy atom. The first-order valence-corrected chi connectivity index (χ1v) is 10.5. The molecule has 0 aliphatic rings. The minimum absolute atomic E-state index is 0.0557. The molecular formula is C23H20BrN3O5. The van der Waals surface area contributed by atoms with Crippen molar-refractivity contribution in [1.29, 1.82) is 0 Å². The van der Waals surface area contributed by atoms with Crippen molar-refractivity contribution in [1.82, 2.24) is 5.32 Å². The van der Waals surface area contributed by atoms with Crippen LogP contribution in [0.2, 0.25) is 0 Å². The number of nitrogens with one attached hydrogen (secondary N) is 2. The van der Waals surface area contributed by atoms with Crippen LogP contribution in [0.3, 0.4) is 0 Å². The van der Waals surface area contributed by atoms with Crippen LogP contribution in [-0.4, -0.2) is 23.0 Å². The Balaban J connectivity index is 1.69. The van der Waals surface area contributed by atoms with Crippen LogP contribution in [0.25, 0.3) is 0 Å². The second kappa shape index (κ2) is 11.1. The molecule has 3 aromatic carbocycles. The molecule has 164 valence electrons. The van der Waals surface area contributed by atoms with Crippen molar-refractivity contribution in [2.75, 3.05) is 5.32 Å². The molecule has 1 atom stereocenters. The Morgan fingerprint density at radius 2 is 1.59 bits per heavy atom. The van der Waals surface area contributed by atoms with Crippen molar-refractivity contribution in [2.45, 2.75) is 19.1 Å². The summed E-state index contributed by atoms with van der Waals surface area (Å²) >= 11 is 3.34. The fourth-order valence-corrected chi connectivity index (χ4v) is 3.13. The molecule has 0 bridgehead atoms. The number of carbonyl (C=O) groups is 2. The molecule has 0 fully saturated rings. The van der Waals surface area contributed by atoms with Crippen LogP contribution >= 0.6 is 15.9 Å². The number of hydrogen-bond acceptors (Lipinski definition) is 5. The fraction of sp³-hybridized carbons (Fsp3) is 0.130. The van der Waals surface area contributed by atoms with Gasteiger partial charge in [0.05, 0.1) is 4.92 Å². The van der Waals surface area contributed by atoms with Gasteiger partial charge in [-0.2, -0.15) is 0 Å². The highest BCUT2D eigenvalue weighted by molar-refractivity contribution is 9.10. The summed E-state index contributed by atoms with van der Waals surface area (Å²) in [5.74, 6) is -0.442. The highest BCUT2D eigenvalue weighted by Gasteiger charge is 2.23. The number of amides is 2. The third-order valence-electron chi connectivity index (χ3n) is 4.52. The van der Waals surface area contributed by atoms with Gasteiger partial charge in [-0.3, -0.25) is 14.9 Å². The summed E-state index contributed by atoms with van der Waals surface area (Å²) in [5, 5.41) is 16.2. The van der Waals surface area contributed by atoms with Gasteiger partial charge in [0.15, 0.2) is 0 Å². The van der Waals surface area contributed by atoms with E-state index in [1.807, 2.05) is 30.3 Å². The molecule has 2 amide bonds. The zero-order valence-electron chi connectivity index (χ0n) is 16.9. The number of benzene rings is 3. The molecule has 2 N–H and O–H groups in total. The Bertz CT molecular complexity index is 1070. The van der Waals surface area contributed by atoms with Gasteiger partial charge in [0, 0.05) is 28.7 Å². The standard InChI is InChI=1S/C23H20BrN3O5/c24-18-8-10-19(11-9-18)25-22(28)21(14-16-6-12-20(13-7-16)27(30)31)26-23(29)32-15-17-4-2-1-3-5-17/h1-13,21H,14-15H2,(H,25,28)(H,26,29)/t21-/m0/s1. The average Bonchev–Trinajstić information content (AvgIpc) is 2.80. The summed E-state index contributed by atoms with van der Waals surface area (Å²) in [7, 11) is 0. The van der Waals surface area contributed by atoms with E-state index in [4.69, 9.17) is 4.74 Å². The molecule has 0 aliphatic carbocycles. The zero-order chi connectivity index (χ0) is 22.9. The van der Waals surface area contributed by atoms with Crippen LogP contribution in [0.5, 0.6) is 0 Å². The van der Waals surface area contributed by atoms with E-state index in [0.29, 0.717) is 11.3 Å². The molecule has 0 heterocycles. The van der Waals surface area contributed by atoms with Gasteiger partial charge in [-0.1, -0.05) is 58.4 Å². The minimum Gasteiger partial charge on any atom is -0.445 e. The largest absolute Gasteiger partial charge is 0.445 e. The second-order valence-electron chi connectivity index (χ2n) is 6.88. The minimum atomic E-state index is -0.955.